The predicted octanol–water partition coefficient (Wildman–Crippen LogP) is 5.98. The van der Waals surface area contributed by atoms with Crippen molar-refractivity contribution >= 4 is 43.2 Å². The summed E-state index contributed by atoms with van der Waals surface area (Å²) in [5, 5.41) is 0.872. The van der Waals surface area contributed by atoms with Crippen molar-refractivity contribution in [2.24, 2.45) is 0 Å². The number of benzene rings is 3. The Balaban J connectivity index is 1.60. The van der Waals surface area contributed by atoms with Gasteiger partial charge in [-0.3, -0.25) is 4.72 Å². The largest absolute Gasteiger partial charge is 0.465 e. The molecule has 6 nitrogen and oxygen atoms in total. The molecule has 0 bridgehead atoms. The highest BCUT2D eigenvalue weighted by Gasteiger charge is 2.21. The number of anilines is 1. The summed E-state index contributed by atoms with van der Waals surface area (Å²) >= 11 is 1.60. The Labute approximate surface area is 197 Å². The molecule has 8 heteroatoms. The number of nitrogens with one attached hydrogen (secondary N) is 1. The lowest BCUT2D eigenvalue weighted by atomic mass is 9.97. The van der Waals surface area contributed by atoms with Crippen LogP contribution in [0.25, 0.3) is 20.8 Å². The zero-order valence-electron chi connectivity index (χ0n) is 18.7. The van der Waals surface area contributed by atoms with Crippen LogP contribution in [-0.2, 0) is 14.8 Å². The second-order valence-corrected chi connectivity index (χ2v) is 10.8. The van der Waals surface area contributed by atoms with Crippen LogP contribution in [0, 0.1) is 6.92 Å². The molecule has 0 unspecified atom stereocenters. The lowest BCUT2D eigenvalue weighted by molar-refractivity contribution is 0.0598. The van der Waals surface area contributed by atoms with Gasteiger partial charge in [0.05, 0.1) is 27.8 Å². The van der Waals surface area contributed by atoms with E-state index < -0.39 is 16.0 Å². The molecular weight excluding hydrogens is 456 g/mol. The quantitative estimate of drug-likeness (QED) is 0.343. The molecule has 0 aliphatic heterocycles. The number of hydrogen-bond acceptors (Lipinski definition) is 6. The molecule has 0 spiro atoms. The van der Waals surface area contributed by atoms with Gasteiger partial charge in [0.15, 0.2) is 0 Å². The molecule has 1 aromatic heterocycles. The van der Waals surface area contributed by atoms with Crippen LogP contribution in [0.2, 0.25) is 0 Å². The first-order chi connectivity index (χ1) is 15.7. The van der Waals surface area contributed by atoms with Gasteiger partial charge in [-0.25, -0.2) is 18.2 Å². The zero-order chi connectivity index (χ0) is 23.8. The number of esters is 1. The molecule has 33 heavy (non-hydrogen) atoms. The van der Waals surface area contributed by atoms with Crippen molar-refractivity contribution in [3.8, 4) is 10.6 Å². The van der Waals surface area contributed by atoms with E-state index in [1.165, 1.54) is 24.8 Å². The highest BCUT2D eigenvalue weighted by atomic mass is 32.2. The van der Waals surface area contributed by atoms with Crippen LogP contribution >= 0.6 is 11.3 Å². The van der Waals surface area contributed by atoms with Crippen LogP contribution in [0.15, 0.2) is 65.6 Å². The average molecular weight is 481 g/mol. The number of ether oxygens (including phenoxy) is 1. The molecule has 170 valence electrons. The number of sulfonamides is 1. The van der Waals surface area contributed by atoms with E-state index >= 15 is 0 Å². The fraction of sp³-hybridized carbons (Fsp3) is 0.200. The Kier molecular flexibility index (Phi) is 6.23. The van der Waals surface area contributed by atoms with Gasteiger partial charge in [-0.1, -0.05) is 26.0 Å². The Morgan fingerprint density at radius 2 is 1.76 bits per heavy atom. The van der Waals surface area contributed by atoms with Crippen LogP contribution in [0.5, 0.6) is 0 Å². The molecule has 0 atom stereocenters. The van der Waals surface area contributed by atoms with Crippen LogP contribution in [-0.4, -0.2) is 26.5 Å². The monoisotopic (exact) mass is 480 g/mol. The summed E-state index contributed by atoms with van der Waals surface area (Å²) in [5.74, 6) is -0.520. The van der Waals surface area contributed by atoms with Crippen LogP contribution < -0.4 is 4.72 Å². The van der Waals surface area contributed by atoms with Crippen LogP contribution in [0.4, 0.5) is 5.69 Å². The van der Waals surface area contributed by atoms with Gasteiger partial charge in [-0.15, -0.1) is 11.3 Å². The van der Waals surface area contributed by atoms with E-state index in [2.05, 4.69) is 15.8 Å². The number of nitrogens with zero attached hydrogens (tertiary/aromatic N) is 1. The molecule has 1 heterocycles. The normalized spacial score (nSPS) is 11.7. The zero-order valence-corrected chi connectivity index (χ0v) is 20.4. The molecular formula is C25H24N2O4S2. The number of aryl methyl sites for hydroxylation is 1. The second kappa shape index (κ2) is 8.96. The third-order valence-electron chi connectivity index (χ3n) is 5.29. The van der Waals surface area contributed by atoms with Gasteiger partial charge < -0.3 is 4.74 Å². The van der Waals surface area contributed by atoms with E-state index in [-0.39, 0.29) is 16.4 Å². The molecule has 0 saturated carbocycles. The number of thiazole rings is 1. The standard InChI is InChI=1S/C25H24N2O4S2/c1-15(2)20-11-10-19(14-21(20)25(28)31-4)33(29,30)27-18-8-6-17(7-9-18)24-26-22-12-5-16(3)13-23(22)32-24/h5-15,27H,1-4H3. The van der Waals surface area contributed by atoms with Crippen molar-refractivity contribution in [3.05, 3.63) is 77.4 Å². The van der Waals surface area contributed by atoms with Gasteiger partial charge in [0.2, 0.25) is 0 Å². The summed E-state index contributed by atoms with van der Waals surface area (Å²) in [5.41, 5.74) is 4.43. The average Bonchev–Trinajstić information content (AvgIpc) is 3.21. The minimum atomic E-state index is -3.89. The Morgan fingerprint density at radius 1 is 1.03 bits per heavy atom. The lowest BCUT2D eigenvalue weighted by Crippen LogP contribution is -2.15. The smallest absolute Gasteiger partial charge is 0.338 e. The molecule has 0 amide bonds. The summed E-state index contributed by atoms with van der Waals surface area (Å²) in [6, 6.07) is 17.7. The lowest BCUT2D eigenvalue weighted by Gasteiger charge is -2.14. The Hall–Kier alpha value is -3.23. The van der Waals surface area contributed by atoms with E-state index in [1.54, 1.807) is 29.5 Å². The topological polar surface area (TPSA) is 85.4 Å². The molecule has 0 aliphatic rings. The Morgan fingerprint density at radius 3 is 2.42 bits per heavy atom. The van der Waals surface area contributed by atoms with Crippen molar-refractivity contribution in [2.45, 2.75) is 31.6 Å². The van der Waals surface area contributed by atoms with E-state index in [0.717, 1.165) is 26.4 Å². The van der Waals surface area contributed by atoms with E-state index in [0.29, 0.717) is 5.69 Å². The molecule has 0 radical (unpaired) electrons. The number of rotatable bonds is 6. The fourth-order valence-corrected chi connectivity index (χ4v) is 5.70. The maximum absolute atomic E-state index is 13.0. The SMILES string of the molecule is COC(=O)c1cc(S(=O)(=O)Nc2ccc(-c3nc4ccc(C)cc4s3)cc2)ccc1C(C)C. The van der Waals surface area contributed by atoms with E-state index in [1.807, 2.05) is 45.0 Å². The van der Waals surface area contributed by atoms with Gasteiger partial charge >= 0.3 is 5.97 Å². The van der Waals surface area contributed by atoms with Gasteiger partial charge in [0, 0.05) is 11.3 Å². The summed E-state index contributed by atoms with van der Waals surface area (Å²) in [6.07, 6.45) is 0. The third-order valence-corrected chi connectivity index (χ3v) is 7.74. The van der Waals surface area contributed by atoms with Crippen molar-refractivity contribution in [1.82, 2.24) is 4.98 Å². The van der Waals surface area contributed by atoms with E-state index in [4.69, 9.17) is 4.74 Å². The summed E-state index contributed by atoms with van der Waals surface area (Å²) in [4.78, 5) is 16.9. The molecule has 0 aliphatic carbocycles. The van der Waals surface area contributed by atoms with E-state index in [9.17, 15) is 13.2 Å². The van der Waals surface area contributed by atoms with Gasteiger partial charge in [-0.05, 0) is 72.5 Å². The summed E-state index contributed by atoms with van der Waals surface area (Å²) in [7, 11) is -2.62. The molecule has 1 N–H and O–H groups in total. The summed E-state index contributed by atoms with van der Waals surface area (Å²) < 4.78 is 34.5. The highest BCUT2D eigenvalue weighted by Crippen LogP contribution is 2.32. The van der Waals surface area contributed by atoms with Crippen molar-refractivity contribution in [1.29, 1.82) is 0 Å². The van der Waals surface area contributed by atoms with Gasteiger partial charge in [-0.2, -0.15) is 0 Å². The van der Waals surface area contributed by atoms with Gasteiger partial charge in [0.1, 0.15) is 5.01 Å². The van der Waals surface area contributed by atoms with Crippen molar-refractivity contribution in [2.75, 3.05) is 11.8 Å². The number of carbonyl (C=O) groups is 1. The number of methoxy groups -OCH3 is 1. The van der Waals surface area contributed by atoms with Crippen LogP contribution in [0.3, 0.4) is 0 Å². The van der Waals surface area contributed by atoms with Gasteiger partial charge in [0.25, 0.3) is 10.0 Å². The number of fused-ring (bicyclic) bond motifs is 1. The molecule has 4 rings (SSSR count). The van der Waals surface area contributed by atoms with Crippen molar-refractivity contribution in [3.63, 3.8) is 0 Å². The minimum absolute atomic E-state index is 0.00193. The molecule has 0 fully saturated rings. The maximum atomic E-state index is 13.0. The first-order valence-electron chi connectivity index (χ1n) is 10.4. The third kappa shape index (κ3) is 4.77. The van der Waals surface area contributed by atoms with Crippen molar-refractivity contribution < 1.29 is 17.9 Å². The number of hydrogen-bond donors (Lipinski definition) is 1. The minimum Gasteiger partial charge on any atom is -0.465 e. The molecule has 3 aromatic carbocycles. The maximum Gasteiger partial charge on any atom is 0.338 e. The van der Waals surface area contributed by atoms with Crippen LogP contribution in [0.1, 0.15) is 41.3 Å². The highest BCUT2D eigenvalue weighted by molar-refractivity contribution is 7.92. The Bertz CT molecular complexity index is 1440. The first-order valence-corrected chi connectivity index (χ1v) is 12.7. The number of aromatic nitrogens is 1. The first kappa shape index (κ1) is 22.9. The number of carbonyl (C=O) groups excluding carboxylic acids is 1. The second-order valence-electron chi connectivity index (χ2n) is 8.07. The predicted molar refractivity (Wildman–Crippen MR) is 132 cm³/mol. The molecule has 4 aromatic rings. The fourth-order valence-electron chi connectivity index (χ4n) is 3.54. The summed E-state index contributed by atoms with van der Waals surface area (Å²) in [6.45, 7) is 5.91. The molecule has 0 saturated heterocycles.